The second kappa shape index (κ2) is 7.65. The molecule has 110 valence electrons. The van der Waals surface area contributed by atoms with Gasteiger partial charge in [-0.3, -0.25) is 9.59 Å². The molecule has 0 aliphatic heterocycles. The van der Waals surface area contributed by atoms with Crippen molar-refractivity contribution in [2.45, 2.75) is 20.3 Å². The van der Waals surface area contributed by atoms with E-state index in [1.165, 1.54) is 6.92 Å². The molecule has 0 aliphatic carbocycles. The Hall–Kier alpha value is -1.88. The first-order valence-electron chi connectivity index (χ1n) is 6.71. The van der Waals surface area contributed by atoms with Gasteiger partial charge in [-0.1, -0.05) is 6.07 Å². The van der Waals surface area contributed by atoms with Crippen LogP contribution in [0.25, 0.3) is 0 Å². The summed E-state index contributed by atoms with van der Waals surface area (Å²) >= 11 is 0. The monoisotopic (exact) mass is 277 g/mol. The average Bonchev–Trinajstić information content (AvgIpc) is 2.36. The highest BCUT2D eigenvalue weighted by atomic mass is 16.2. The van der Waals surface area contributed by atoms with Crippen LogP contribution in [0.4, 0.5) is 5.69 Å². The summed E-state index contributed by atoms with van der Waals surface area (Å²) in [6.07, 6.45) is 0.906. The molecule has 1 aromatic rings. The van der Waals surface area contributed by atoms with Crippen LogP contribution in [0.2, 0.25) is 0 Å². The third-order valence-corrected chi connectivity index (χ3v) is 2.88. The van der Waals surface area contributed by atoms with E-state index < -0.39 is 0 Å². The molecule has 0 unspecified atom stereocenters. The topological polar surface area (TPSA) is 61.4 Å². The maximum atomic E-state index is 12.0. The highest BCUT2D eigenvalue weighted by Gasteiger charge is 2.08. The van der Waals surface area contributed by atoms with Crippen molar-refractivity contribution in [2.75, 3.05) is 32.5 Å². The van der Waals surface area contributed by atoms with E-state index in [4.69, 9.17) is 0 Å². The van der Waals surface area contributed by atoms with Gasteiger partial charge in [0.25, 0.3) is 5.91 Å². The quantitative estimate of drug-likeness (QED) is 0.777. The van der Waals surface area contributed by atoms with Gasteiger partial charge in [0.2, 0.25) is 5.91 Å². The van der Waals surface area contributed by atoms with Gasteiger partial charge in [0.1, 0.15) is 0 Å². The molecule has 0 radical (unpaired) electrons. The van der Waals surface area contributed by atoms with Crippen LogP contribution in [-0.4, -0.2) is 43.9 Å². The fourth-order valence-electron chi connectivity index (χ4n) is 1.79. The van der Waals surface area contributed by atoms with Crippen molar-refractivity contribution in [3.05, 3.63) is 29.3 Å². The molecule has 0 saturated carbocycles. The Morgan fingerprint density at radius 2 is 1.95 bits per heavy atom. The van der Waals surface area contributed by atoms with Gasteiger partial charge in [0, 0.05) is 24.7 Å². The normalized spacial score (nSPS) is 10.4. The Bertz CT molecular complexity index is 484. The number of carbonyl (C=O) groups excluding carboxylic acids is 2. The van der Waals surface area contributed by atoms with Crippen molar-refractivity contribution in [3.63, 3.8) is 0 Å². The number of rotatable bonds is 6. The fraction of sp³-hybridized carbons (Fsp3) is 0.467. The van der Waals surface area contributed by atoms with Crippen LogP contribution < -0.4 is 10.6 Å². The van der Waals surface area contributed by atoms with E-state index in [9.17, 15) is 9.59 Å². The molecule has 0 fully saturated rings. The summed E-state index contributed by atoms with van der Waals surface area (Å²) < 4.78 is 0. The Kier molecular flexibility index (Phi) is 6.18. The van der Waals surface area contributed by atoms with Crippen LogP contribution in [0.3, 0.4) is 0 Å². The molecule has 0 heterocycles. The Morgan fingerprint density at radius 3 is 2.55 bits per heavy atom. The summed E-state index contributed by atoms with van der Waals surface area (Å²) in [7, 11) is 4.00. The molecular formula is C15H23N3O2. The van der Waals surface area contributed by atoms with E-state index in [2.05, 4.69) is 15.5 Å². The third-order valence-electron chi connectivity index (χ3n) is 2.88. The Balaban J connectivity index is 2.62. The minimum Gasteiger partial charge on any atom is -0.352 e. The number of amides is 2. The minimum atomic E-state index is -0.142. The van der Waals surface area contributed by atoms with Crippen molar-refractivity contribution in [1.29, 1.82) is 0 Å². The van der Waals surface area contributed by atoms with Crippen molar-refractivity contribution < 1.29 is 9.59 Å². The van der Waals surface area contributed by atoms with Crippen LogP contribution in [-0.2, 0) is 4.79 Å². The summed E-state index contributed by atoms with van der Waals surface area (Å²) in [5.74, 6) is -0.257. The van der Waals surface area contributed by atoms with Gasteiger partial charge in [0.05, 0.1) is 0 Å². The number of hydrogen-bond acceptors (Lipinski definition) is 3. The van der Waals surface area contributed by atoms with E-state index in [1.54, 1.807) is 12.1 Å². The van der Waals surface area contributed by atoms with Gasteiger partial charge in [0.15, 0.2) is 0 Å². The molecule has 5 heteroatoms. The molecule has 0 bridgehead atoms. The molecule has 0 aromatic heterocycles. The smallest absolute Gasteiger partial charge is 0.251 e. The van der Waals surface area contributed by atoms with Gasteiger partial charge in [-0.05, 0) is 51.7 Å². The van der Waals surface area contributed by atoms with Crippen molar-refractivity contribution in [3.8, 4) is 0 Å². The van der Waals surface area contributed by atoms with E-state index in [1.807, 2.05) is 27.1 Å². The molecular weight excluding hydrogens is 254 g/mol. The van der Waals surface area contributed by atoms with Crippen LogP contribution in [0.1, 0.15) is 29.3 Å². The maximum Gasteiger partial charge on any atom is 0.251 e. The van der Waals surface area contributed by atoms with Gasteiger partial charge in [-0.25, -0.2) is 0 Å². The highest BCUT2D eigenvalue weighted by Crippen LogP contribution is 2.16. The fourth-order valence-corrected chi connectivity index (χ4v) is 1.79. The SMILES string of the molecule is CC(=O)Nc1cc(C(=O)NCCCN(C)C)ccc1C. The zero-order valence-electron chi connectivity index (χ0n) is 12.6. The number of hydrogen-bond donors (Lipinski definition) is 2. The van der Waals surface area contributed by atoms with Crippen molar-refractivity contribution in [2.24, 2.45) is 0 Å². The van der Waals surface area contributed by atoms with Gasteiger partial charge < -0.3 is 15.5 Å². The van der Waals surface area contributed by atoms with Crippen LogP contribution in [0.15, 0.2) is 18.2 Å². The first-order valence-corrected chi connectivity index (χ1v) is 6.71. The molecule has 0 atom stereocenters. The lowest BCUT2D eigenvalue weighted by Crippen LogP contribution is -2.27. The summed E-state index contributed by atoms with van der Waals surface area (Å²) in [5, 5.41) is 5.60. The highest BCUT2D eigenvalue weighted by molar-refractivity contribution is 5.97. The standard InChI is InChI=1S/C15H23N3O2/c1-11-6-7-13(10-14(11)17-12(2)19)15(20)16-8-5-9-18(3)4/h6-7,10H,5,8-9H2,1-4H3,(H,16,20)(H,17,19). The lowest BCUT2D eigenvalue weighted by Gasteiger charge is -2.11. The van der Waals surface area contributed by atoms with Crippen LogP contribution >= 0.6 is 0 Å². The lowest BCUT2D eigenvalue weighted by molar-refractivity contribution is -0.114. The Morgan fingerprint density at radius 1 is 1.25 bits per heavy atom. The molecule has 20 heavy (non-hydrogen) atoms. The molecule has 1 aromatic carbocycles. The van der Waals surface area contributed by atoms with E-state index in [0.717, 1.165) is 18.5 Å². The van der Waals surface area contributed by atoms with Gasteiger partial charge in [-0.2, -0.15) is 0 Å². The summed E-state index contributed by atoms with van der Waals surface area (Å²) in [5.41, 5.74) is 2.17. The average molecular weight is 277 g/mol. The second-order valence-corrected chi connectivity index (χ2v) is 5.12. The largest absolute Gasteiger partial charge is 0.352 e. The third kappa shape index (κ3) is 5.40. The number of nitrogens with one attached hydrogen (secondary N) is 2. The summed E-state index contributed by atoms with van der Waals surface area (Å²) in [6, 6.07) is 5.31. The molecule has 2 amide bonds. The Labute approximate surface area is 120 Å². The number of anilines is 1. The molecule has 2 N–H and O–H groups in total. The van der Waals surface area contributed by atoms with E-state index >= 15 is 0 Å². The predicted molar refractivity (Wildman–Crippen MR) is 81.0 cm³/mol. The molecule has 0 aliphatic rings. The number of benzene rings is 1. The van der Waals surface area contributed by atoms with Gasteiger partial charge in [-0.15, -0.1) is 0 Å². The lowest BCUT2D eigenvalue weighted by atomic mass is 10.1. The molecule has 0 saturated heterocycles. The first-order chi connectivity index (χ1) is 9.40. The summed E-state index contributed by atoms with van der Waals surface area (Å²) in [6.45, 7) is 4.92. The van der Waals surface area contributed by atoms with Crippen molar-refractivity contribution in [1.82, 2.24) is 10.2 Å². The second-order valence-electron chi connectivity index (χ2n) is 5.12. The molecule has 0 spiro atoms. The number of aryl methyl sites for hydroxylation is 1. The zero-order valence-corrected chi connectivity index (χ0v) is 12.6. The zero-order chi connectivity index (χ0) is 15.1. The van der Waals surface area contributed by atoms with E-state index in [-0.39, 0.29) is 11.8 Å². The van der Waals surface area contributed by atoms with Crippen LogP contribution in [0, 0.1) is 6.92 Å². The van der Waals surface area contributed by atoms with Gasteiger partial charge >= 0.3 is 0 Å². The van der Waals surface area contributed by atoms with E-state index in [0.29, 0.717) is 17.8 Å². The van der Waals surface area contributed by atoms with Crippen LogP contribution in [0.5, 0.6) is 0 Å². The number of carbonyl (C=O) groups is 2. The van der Waals surface area contributed by atoms with Crippen molar-refractivity contribution >= 4 is 17.5 Å². The number of nitrogens with zero attached hydrogens (tertiary/aromatic N) is 1. The maximum absolute atomic E-state index is 12.0. The summed E-state index contributed by atoms with van der Waals surface area (Å²) in [4.78, 5) is 25.2. The predicted octanol–water partition coefficient (Wildman–Crippen LogP) is 1.63. The minimum absolute atomic E-state index is 0.115. The molecule has 1 rings (SSSR count). The molecule has 5 nitrogen and oxygen atoms in total. The first kappa shape index (κ1) is 16.2.